The molecule has 0 saturated heterocycles. The summed E-state index contributed by atoms with van der Waals surface area (Å²) in [5.41, 5.74) is 1.76. The molecule has 0 N–H and O–H groups in total. The van der Waals surface area contributed by atoms with Crippen molar-refractivity contribution in [2.24, 2.45) is 0 Å². The van der Waals surface area contributed by atoms with E-state index in [0.717, 1.165) is 11.1 Å². The van der Waals surface area contributed by atoms with Gasteiger partial charge >= 0.3 is 5.97 Å². The summed E-state index contributed by atoms with van der Waals surface area (Å²) in [6.07, 6.45) is 1.60. The lowest BCUT2D eigenvalue weighted by Gasteiger charge is -2.08. The smallest absolute Gasteiger partial charge is 0.344 e. The Morgan fingerprint density at radius 2 is 2.00 bits per heavy atom. The molecule has 0 amide bonds. The van der Waals surface area contributed by atoms with E-state index in [2.05, 4.69) is 4.98 Å². The lowest BCUT2D eigenvalue weighted by atomic mass is 10.2. The molecule has 0 atom stereocenters. The molecule has 128 valence electrons. The highest BCUT2D eigenvalue weighted by Gasteiger charge is 2.10. The number of rotatable bonds is 6. The molecule has 5 nitrogen and oxygen atoms in total. The van der Waals surface area contributed by atoms with Crippen LogP contribution in [0.4, 0.5) is 0 Å². The van der Waals surface area contributed by atoms with Gasteiger partial charge in [0.1, 0.15) is 5.75 Å². The minimum atomic E-state index is -0.506. The third-order valence-electron chi connectivity index (χ3n) is 3.45. The molecule has 0 aliphatic carbocycles. The van der Waals surface area contributed by atoms with Crippen LogP contribution < -0.4 is 4.74 Å². The van der Waals surface area contributed by atoms with Crippen LogP contribution in [-0.4, -0.2) is 17.6 Å². The minimum absolute atomic E-state index is 0.0470. The Balaban J connectivity index is 1.50. The number of nitrogens with zero attached hydrogens (tertiary/aromatic N) is 1. The second-order valence-corrected chi connectivity index (χ2v) is 5.78. The molecule has 0 unspecified atom stereocenters. The van der Waals surface area contributed by atoms with Gasteiger partial charge in [0.05, 0.1) is 6.20 Å². The van der Waals surface area contributed by atoms with Crippen molar-refractivity contribution in [3.63, 3.8) is 0 Å². The van der Waals surface area contributed by atoms with Crippen molar-refractivity contribution in [3.05, 3.63) is 71.2 Å². The molecule has 0 spiro atoms. The maximum absolute atomic E-state index is 11.8. The van der Waals surface area contributed by atoms with Gasteiger partial charge in [-0.05, 0) is 30.7 Å². The highest BCUT2D eigenvalue weighted by atomic mass is 35.5. The van der Waals surface area contributed by atoms with Crippen LogP contribution in [0.2, 0.25) is 5.02 Å². The molecule has 1 heterocycles. The molecule has 3 rings (SSSR count). The van der Waals surface area contributed by atoms with Crippen molar-refractivity contribution >= 4 is 17.6 Å². The number of hydrogen-bond donors (Lipinski definition) is 0. The summed E-state index contributed by atoms with van der Waals surface area (Å²) < 4.78 is 16.1. The van der Waals surface area contributed by atoms with E-state index in [1.165, 1.54) is 0 Å². The molecule has 25 heavy (non-hydrogen) atoms. The fourth-order valence-electron chi connectivity index (χ4n) is 2.21. The van der Waals surface area contributed by atoms with Gasteiger partial charge in [0.15, 0.2) is 19.0 Å². The molecule has 0 aliphatic heterocycles. The first-order valence-corrected chi connectivity index (χ1v) is 8.04. The van der Waals surface area contributed by atoms with Crippen LogP contribution >= 0.6 is 11.6 Å². The summed E-state index contributed by atoms with van der Waals surface area (Å²) in [5.74, 6) is 1.03. The third-order valence-corrected chi connectivity index (χ3v) is 3.69. The zero-order chi connectivity index (χ0) is 17.6. The van der Waals surface area contributed by atoms with Crippen LogP contribution in [0.5, 0.6) is 5.75 Å². The number of ether oxygens (including phenoxy) is 2. The van der Waals surface area contributed by atoms with Gasteiger partial charge < -0.3 is 13.9 Å². The van der Waals surface area contributed by atoms with E-state index in [9.17, 15) is 4.79 Å². The fourth-order valence-corrected chi connectivity index (χ4v) is 2.43. The number of aryl methyl sites for hydroxylation is 1. The van der Waals surface area contributed by atoms with Crippen LogP contribution in [0.1, 0.15) is 11.5 Å². The zero-order valence-corrected chi connectivity index (χ0v) is 14.3. The van der Waals surface area contributed by atoms with E-state index in [1.54, 1.807) is 24.4 Å². The number of hydrogen-bond acceptors (Lipinski definition) is 5. The van der Waals surface area contributed by atoms with Gasteiger partial charge in [-0.1, -0.05) is 41.9 Å². The number of benzene rings is 2. The maximum Gasteiger partial charge on any atom is 0.344 e. The predicted octanol–water partition coefficient (Wildman–Crippen LogP) is 4.43. The standard InChI is InChI=1S/C19H16ClNO4/c1-13-9-15(20)7-8-16(13)23-12-19(22)24-11-18-21-10-17(25-18)14-5-3-2-4-6-14/h2-10H,11-12H2,1H3. The van der Waals surface area contributed by atoms with Gasteiger partial charge in [-0.15, -0.1) is 0 Å². The van der Waals surface area contributed by atoms with Crippen molar-refractivity contribution in [1.29, 1.82) is 0 Å². The van der Waals surface area contributed by atoms with E-state index in [1.807, 2.05) is 37.3 Å². The van der Waals surface area contributed by atoms with E-state index >= 15 is 0 Å². The highest BCUT2D eigenvalue weighted by molar-refractivity contribution is 6.30. The van der Waals surface area contributed by atoms with Crippen LogP contribution in [-0.2, 0) is 16.1 Å². The second kappa shape index (κ2) is 7.85. The molecule has 0 saturated carbocycles. The number of aromatic nitrogens is 1. The molecule has 0 aliphatic rings. The van der Waals surface area contributed by atoms with E-state index in [0.29, 0.717) is 22.4 Å². The fraction of sp³-hybridized carbons (Fsp3) is 0.158. The lowest BCUT2D eigenvalue weighted by Crippen LogP contribution is -2.15. The summed E-state index contributed by atoms with van der Waals surface area (Å²) in [5, 5.41) is 0.616. The van der Waals surface area contributed by atoms with Gasteiger partial charge in [0.2, 0.25) is 5.89 Å². The topological polar surface area (TPSA) is 61.6 Å². The Morgan fingerprint density at radius 1 is 1.20 bits per heavy atom. The monoisotopic (exact) mass is 357 g/mol. The van der Waals surface area contributed by atoms with Crippen molar-refractivity contribution in [3.8, 4) is 17.1 Å². The van der Waals surface area contributed by atoms with Gasteiger partial charge in [-0.25, -0.2) is 9.78 Å². The highest BCUT2D eigenvalue weighted by Crippen LogP contribution is 2.22. The summed E-state index contributed by atoms with van der Waals surface area (Å²) >= 11 is 5.88. The summed E-state index contributed by atoms with van der Waals surface area (Å²) in [7, 11) is 0. The van der Waals surface area contributed by atoms with Crippen molar-refractivity contribution in [2.75, 3.05) is 6.61 Å². The average molecular weight is 358 g/mol. The SMILES string of the molecule is Cc1cc(Cl)ccc1OCC(=O)OCc1ncc(-c2ccccc2)o1. The van der Waals surface area contributed by atoms with Gasteiger partial charge in [-0.2, -0.15) is 0 Å². The summed E-state index contributed by atoms with van der Waals surface area (Å²) in [4.78, 5) is 15.9. The minimum Gasteiger partial charge on any atom is -0.482 e. The van der Waals surface area contributed by atoms with E-state index in [-0.39, 0.29) is 13.2 Å². The van der Waals surface area contributed by atoms with Gasteiger partial charge in [0, 0.05) is 10.6 Å². The first-order chi connectivity index (χ1) is 12.1. The van der Waals surface area contributed by atoms with Gasteiger partial charge in [-0.3, -0.25) is 0 Å². The summed E-state index contributed by atoms with van der Waals surface area (Å²) in [6, 6.07) is 14.8. The Kier molecular flexibility index (Phi) is 5.36. The van der Waals surface area contributed by atoms with Gasteiger partial charge in [0.25, 0.3) is 0 Å². The average Bonchev–Trinajstić information content (AvgIpc) is 3.09. The normalized spacial score (nSPS) is 10.5. The molecule has 2 aromatic carbocycles. The number of esters is 1. The maximum atomic E-state index is 11.8. The second-order valence-electron chi connectivity index (χ2n) is 5.34. The molecule has 6 heteroatoms. The third kappa shape index (κ3) is 4.61. The molecule has 0 bridgehead atoms. The molecular formula is C19H16ClNO4. The largest absolute Gasteiger partial charge is 0.482 e. The summed E-state index contributed by atoms with van der Waals surface area (Å²) in [6.45, 7) is 1.60. The molecule has 3 aromatic rings. The first-order valence-electron chi connectivity index (χ1n) is 7.66. The molecule has 0 radical (unpaired) electrons. The quantitative estimate of drug-likeness (QED) is 0.611. The zero-order valence-electron chi connectivity index (χ0n) is 13.6. The van der Waals surface area contributed by atoms with E-state index in [4.69, 9.17) is 25.5 Å². The Labute approximate surface area is 150 Å². The lowest BCUT2D eigenvalue weighted by molar-refractivity contribution is -0.148. The molecule has 1 aromatic heterocycles. The first kappa shape index (κ1) is 17.0. The molecule has 0 fully saturated rings. The van der Waals surface area contributed by atoms with Crippen LogP contribution in [0, 0.1) is 6.92 Å². The number of carbonyl (C=O) groups excluding carboxylic acids is 1. The Bertz CT molecular complexity index is 861. The Hall–Kier alpha value is -2.79. The van der Waals surface area contributed by atoms with Crippen molar-refractivity contribution < 1.29 is 18.7 Å². The van der Waals surface area contributed by atoms with Crippen LogP contribution in [0.15, 0.2) is 59.1 Å². The number of halogens is 1. The predicted molar refractivity (Wildman–Crippen MR) is 93.4 cm³/mol. The number of carbonyl (C=O) groups is 1. The number of oxazole rings is 1. The molecular weight excluding hydrogens is 342 g/mol. The van der Waals surface area contributed by atoms with E-state index < -0.39 is 5.97 Å². The van der Waals surface area contributed by atoms with Crippen LogP contribution in [0.25, 0.3) is 11.3 Å². The van der Waals surface area contributed by atoms with Crippen molar-refractivity contribution in [2.45, 2.75) is 13.5 Å². The van der Waals surface area contributed by atoms with Crippen molar-refractivity contribution in [1.82, 2.24) is 4.98 Å². The Morgan fingerprint density at radius 3 is 2.76 bits per heavy atom. The van der Waals surface area contributed by atoms with Crippen LogP contribution in [0.3, 0.4) is 0 Å².